The zero-order valence-corrected chi connectivity index (χ0v) is 15.2. The maximum absolute atomic E-state index is 12.7. The number of nitrogens with one attached hydrogen (secondary N) is 1. The molecule has 2 aromatic heterocycles. The van der Waals surface area contributed by atoms with Crippen molar-refractivity contribution in [3.63, 3.8) is 0 Å². The van der Waals surface area contributed by atoms with E-state index in [2.05, 4.69) is 5.32 Å². The Morgan fingerprint density at radius 3 is 2.71 bits per heavy atom. The van der Waals surface area contributed by atoms with Gasteiger partial charge in [0.05, 0.1) is 6.54 Å². The number of thiophene rings is 1. The summed E-state index contributed by atoms with van der Waals surface area (Å²) >= 11 is 1.57. The molecular weight excluding hydrogens is 346 g/mol. The molecule has 0 radical (unpaired) electrons. The molecule has 0 saturated carbocycles. The van der Waals surface area contributed by atoms with Crippen molar-refractivity contribution >= 4 is 27.3 Å². The molecule has 2 aromatic rings. The first-order valence-corrected chi connectivity index (χ1v) is 10.3. The van der Waals surface area contributed by atoms with Gasteiger partial charge in [-0.05, 0) is 30.4 Å². The number of hydrogen-bond donors (Lipinski definition) is 1. The van der Waals surface area contributed by atoms with Crippen molar-refractivity contribution in [1.29, 1.82) is 0 Å². The highest BCUT2D eigenvalue weighted by atomic mass is 32.2. The SMILES string of the molecule is Cn1cc(S(=O)(=O)N2CCCCC2)cc1C(=O)NCc1cccs1. The summed E-state index contributed by atoms with van der Waals surface area (Å²) < 4.78 is 28.5. The fourth-order valence-corrected chi connectivity index (χ4v) is 5.06. The van der Waals surface area contributed by atoms with Gasteiger partial charge in [-0.2, -0.15) is 4.31 Å². The molecule has 1 aliphatic rings. The molecule has 1 fully saturated rings. The van der Waals surface area contributed by atoms with Gasteiger partial charge < -0.3 is 9.88 Å². The minimum absolute atomic E-state index is 0.188. The van der Waals surface area contributed by atoms with Crippen molar-refractivity contribution in [2.24, 2.45) is 7.05 Å². The summed E-state index contributed by atoms with van der Waals surface area (Å²) in [4.78, 5) is 13.6. The first-order chi connectivity index (χ1) is 11.5. The molecular formula is C16H21N3O3S2. The van der Waals surface area contributed by atoms with Crippen LogP contribution in [0.3, 0.4) is 0 Å². The van der Waals surface area contributed by atoms with Crippen LogP contribution in [-0.2, 0) is 23.6 Å². The largest absolute Gasteiger partial charge is 0.346 e. The molecule has 0 aromatic carbocycles. The molecule has 6 nitrogen and oxygen atoms in total. The first-order valence-electron chi connectivity index (χ1n) is 7.95. The van der Waals surface area contributed by atoms with Crippen LogP contribution in [0.4, 0.5) is 0 Å². The summed E-state index contributed by atoms with van der Waals surface area (Å²) in [6.07, 6.45) is 4.36. The predicted molar refractivity (Wildman–Crippen MR) is 93.5 cm³/mol. The molecule has 0 aliphatic carbocycles. The van der Waals surface area contributed by atoms with Crippen molar-refractivity contribution in [2.75, 3.05) is 13.1 Å². The van der Waals surface area contributed by atoms with Crippen LogP contribution >= 0.6 is 11.3 Å². The van der Waals surface area contributed by atoms with Gasteiger partial charge in [0, 0.05) is 31.2 Å². The molecule has 0 bridgehead atoms. The lowest BCUT2D eigenvalue weighted by Crippen LogP contribution is -2.35. The number of nitrogens with zero attached hydrogens (tertiary/aromatic N) is 2. The number of aryl methyl sites for hydroxylation is 1. The van der Waals surface area contributed by atoms with Crippen molar-refractivity contribution < 1.29 is 13.2 Å². The van der Waals surface area contributed by atoms with Crippen LogP contribution in [0.25, 0.3) is 0 Å². The standard InChI is InChI=1S/C16H21N3O3S2/c1-18-12-14(24(21,22)19-7-3-2-4-8-19)10-15(18)16(20)17-11-13-6-5-9-23-13/h5-6,9-10,12H,2-4,7-8,11H2,1H3,(H,17,20). The summed E-state index contributed by atoms with van der Waals surface area (Å²) in [5.74, 6) is -0.272. The molecule has 24 heavy (non-hydrogen) atoms. The third-order valence-corrected chi connectivity index (χ3v) is 6.91. The fourth-order valence-electron chi connectivity index (χ4n) is 2.83. The highest BCUT2D eigenvalue weighted by Crippen LogP contribution is 2.22. The molecule has 0 atom stereocenters. The predicted octanol–water partition coefficient (Wildman–Crippen LogP) is 2.19. The zero-order valence-electron chi connectivity index (χ0n) is 13.6. The second-order valence-electron chi connectivity index (χ2n) is 5.90. The average molecular weight is 367 g/mol. The van der Waals surface area contributed by atoms with Gasteiger partial charge in [-0.25, -0.2) is 8.42 Å². The minimum atomic E-state index is -3.52. The third-order valence-electron chi connectivity index (χ3n) is 4.17. The molecule has 3 heterocycles. The summed E-state index contributed by atoms with van der Waals surface area (Å²) in [6.45, 7) is 1.55. The number of amides is 1. The van der Waals surface area contributed by atoms with Gasteiger partial charge in [0.2, 0.25) is 10.0 Å². The Kier molecular flexibility index (Phi) is 5.07. The smallest absolute Gasteiger partial charge is 0.268 e. The topological polar surface area (TPSA) is 71.4 Å². The molecule has 0 unspecified atom stereocenters. The van der Waals surface area contributed by atoms with E-state index in [1.165, 1.54) is 16.6 Å². The number of carbonyl (C=O) groups is 1. The maximum Gasteiger partial charge on any atom is 0.268 e. The van der Waals surface area contributed by atoms with Crippen LogP contribution < -0.4 is 5.32 Å². The Bertz CT molecular complexity index is 804. The number of rotatable bonds is 5. The van der Waals surface area contributed by atoms with Crippen LogP contribution in [0.5, 0.6) is 0 Å². The Hall–Kier alpha value is -1.64. The summed E-state index contributed by atoms with van der Waals surface area (Å²) in [5.41, 5.74) is 0.349. The molecule has 8 heteroatoms. The molecule has 1 aliphatic heterocycles. The van der Waals surface area contributed by atoms with Crippen molar-refractivity contribution in [2.45, 2.75) is 30.7 Å². The Morgan fingerprint density at radius 2 is 2.04 bits per heavy atom. The monoisotopic (exact) mass is 367 g/mol. The van der Waals surface area contributed by atoms with E-state index in [0.717, 1.165) is 24.1 Å². The van der Waals surface area contributed by atoms with E-state index in [4.69, 9.17) is 0 Å². The number of aromatic nitrogens is 1. The lowest BCUT2D eigenvalue weighted by molar-refractivity contribution is 0.0943. The van der Waals surface area contributed by atoms with Gasteiger partial charge >= 0.3 is 0 Å². The molecule has 3 rings (SSSR count). The number of hydrogen-bond acceptors (Lipinski definition) is 4. The maximum atomic E-state index is 12.7. The van der Waals surface area contributed by atoms with E-state index in [1.54, 1.807) is 23.0 Å². The molecule has 1 amide bonds. The molecule has 1 saturated heterocycles. The second-order valence-corrected chi connectivity index (χ2v) is 8.87. The number of piperidine rings is 1. The van der Waals surface area contributed by atoms with Crippen LogP contribution in [0, 0.1) is 0 Å². The number of sulfonamides is 1. The highest BCUT2D eigenvalue weighted by molar-refractivity contribution is 7.89. The molecule has 0 spiro atoms. The average Bonchev–Trinajstić information content (AvgIpc) is 3.23. The van der Waals surface area contributed by atoms with Gasteiger partial charge in [0.15, 0.2) is 0 Å². The van der Waals surface area contributed by atoms with Crippen molar-refractivity contribution in [3.05, 3.63) is 40.3 Å². The zero-order chi connectivity index (χ0) is 17.2. The normalized spacial score (nSPS) is 16.2. The van der Waals surface area contributed by atoms with Gasteiger partial charge in [0.1, 0.15) is 10.6 Å². The van der Waals surface area contributed by atoms with E-state index in [9.17, 15) is 13.2 Å². The van der Waals surface area contributed by atoms with Crippen LogP contribution in [0.15, 0.2) is 34.7 Å². The quantitative estimate of drug-likeness (QED) is 0.881. The van der Waals surface area contributed by atoms with E-state index >= 15 is 0 Å². The van der Waals surface area contributed by atoms with Crippen LogP contribution in [-0.4, -0.2) is 36.3 Å². The van der Waals surface area contributed by atoms with Crippen LogP contribution in [0.2, 0.25) is 0 Å². The van der Waals surface area contributed by atoms with E-state index in [1.807, 2.05) is 17.5 Å². The third kappa shape index (κ3) is 3.55. The minimum Gasteiger partial charge on any atom is -0.346 e. The summed E-state index contributed by atoms with van der Waals surface area (Å²) in [6, 6.07) is 5.34. The van der Waals surface area contributed by atoms with Gasteiger partial charge in [-0.15, -0.1) is 11.3 Å². The Morgan fingerprint density at radius 1 is 1.29 bits per heavy atom. The van der Waals surface area contributed by atoms with Gasteiger partial charge in [0.25, 0.3) is 5.91 Å². The summed E-state index contributed by atoms with van der Waals surface area (Å²) in [7, 11) is -1.83. The van der Waals surface area contributed by atoms with E-state index in [-0.39, 0.29) is 10.8 Å². The first kappa shape index (κ1) is 17.2. The second kappa shape index (κ2) is 7.08. The van der Waals surface area contributed by atoms with E-state index in [0.29, 0.717) is 25.3 Å². The lowest BCUT2D eigenvalue weighted by atomic mass is 10.2. The molecule has 130 valence electrons. The van der Waals surface area contributed by atoms with Crippen LogP contribution in [0.1, 0.15) is 34.6 Å². The fraction of sp³-hybridized carbons (Fsp3) is 0.438. The van der Waals surface area contributed by atoms with Crippen molar-refractivity contribution in [1.82, 2.24) is 14.2 Å². The Labute approximate surface area is 146 Å². The van der Waals surface area contributed by atoms with E-state index < -0.39 is 10.0 Å². The Balaban J connectivity index is 1.75. The van der Waals surface area contributed by atoms with Gasteiger partial charge in [-0.3, -0.25) is 4.79 Å². The van der Waals surface area contributed by atoms with Crippen molar-refractivity contribution in [3.8, 4) is 0 Å². The summed E-state index contributed by atoms with van der Waals surface area (Å²) in [5, 5.41) is 4.78. The molecule has 1 N–H and O–H groups in total. The lowest BCUT2D eigenvalue weighted by Gasteiger charge is -2.25. The highest BCUT2D eigenvalue weighted by Gasteiger charge is 2.28. The number of carbonyl (C=O) groups excluding carboxylic acids is 1. The van der Waals surface area contributed by atoms with Gasteiger partial charge in [-0.1, -0.05) is 12.5 Å².